The highest BCUT2D eigenvalue weighted by atomic mass is 35.5. The standard InChI is InChI=1S/C13H13Cl3N2O/c1-3-7(2)11-12(16)17-18(13(11)19)10-5-8(14)4-9(15)6-10/h4-7,17H,3H2,1-2H3. The Bertz CT molecular complexity index is 640. The molecule has 1 aromatic heterocycles. The van der Waals surface area contributed by atoms with Gasteiger partial charge in [0.2, 0.25) is 0 Å². The van der Waals surface area contributed by atoms with Crippen molar-refractivity contribution in [3.05, 3.63) is 49.3 Å². The minimum Gasteiger partial charge on any atom is -0.280 e. The lowest BCUT2D eigenvalue weighted by molar-refractivity contribution is 0.725. The Morgan fingerprint density at radius 1 is 1.21 bits per heavy atom. The summed E-state index contributed by atoms with van der Waals surface area (Å²) in [5, 5.41) is 4.13. The van der Waals surface area contributed by atoms with Crippen molar-refractivity contribution in [3.8, 4) is 5.69 Å². The van der Waals surface area contributed by atoms with Crippen LogP contribution in [0, 0.1) is 0 Å². The van der Waals surface area contributed by atoms with Crippen LogP contribution >= 0.6 is 34.8 Å². The molecule has 0 radical (unpaired) electrons. The maximum absolute atomic E-state index is 12.4. The molecule has 0 amide bonds. The predicted octanol–water partition coefficient (Wildman–Crippen LogP) is 4.64. The Kier molecular flexibility index (Phi) is 4.29. The van der Waals surface area contributed by atoms with Gasteiger partial charge >= 0.3 is 0 Å². The van der Waals surface area contributed by atoms with Crippen molar-refractivity contribution in [2.75, 3.05) is 0 Å². The fourth-order valence-electron chi connectivity index (χ4n) is 1.90. The number of nitrogens with zero attached hydrogens (tertiary/aromatic N) is 1. The first-order chi connectivity index (χ1) is 8.93. The maximum atomic E-state index is 12.4. The van der Waals surface area contributed by atoms with Gasteiger partial charge in [0.05, 0.1) is 11.3 Å². The monoisotopic (exact) mass is 318 g/mol. The normalized spacial score (nSPS) is 12.7. The lowest BCUT2D eigenvalue weighted by Gasteiger charge is -2.04. The van der Waals surface area contributed by atoms with Crippen molar-refractivity contribution in [2.45, 2.75) is 26.2 Å². The quantitative estimate of drug-likeness (QED) is 0.879. The van der Waals surface area contributed by atoms with E-state index in [2.05, 4.69) is 5.10 Å². The van der Waals surface area contributed by atoms with Gasteiger partial charge in [-0.1, -0.05) is 48.7 Å². The summed E-state index contributed by atoms with van der Waals surface area (Å²) in [7, 11) is 0. The van der Waals surface area contributed by atoms with Crippen LogP contribution in [0.25, 0.3) is 5.69 Å². The molecule has 1 atom stereocenters. The van der Waals surface area contributed by atoms with E-state index < -0.39 is 0 Å². The molecule has 102 valence electrons. The summed E-state index contributed by atoms with van der Waals surface area (Å²) in [6.07, 6.45) is 0.836. The minimum atomic E-state index is -0.169. The third kappa shape index (κ3) is 2.83. The molecule has 2 aromatic rings. The van der Waals surface area contributed by atoms with Crippen molar-refractivity contribution in [1.82, 2.24) is 9.78 Å². The van der Waals surface area contributed by atoms with E-state index in [4.69, 9.17) is 34.8 Å². The average molecular weight is 320 g/mol. The van der Waals surface area contributed by atoms with Crippen molar-refractivity contribution in [2.24, 2.45) is 0 Å². The van der Waals surface area contributed by atoms with Gasteiger partial charge in [0.1, 0.15) is 5.15 Å². The molecule has 0 aliphatic carbocycles. The highest BCUT2D eigenvalue weighted by Crippen LogP contribution is 2.25. The van der Waals surface area contributed by atoms with Crippen molar-refractivity contribution < 1.29 is 0 Å². The predicted molar refractivity (Wildman–Crippen MR) is 80.1 cm³/mol. The highest BCUT2D eigenvalue weighted by Gasteiger charge is 2.18. The molecule has 1 aromatic carbocycles. The number of hydrogen-bond donors (Lipinski definition) is 1. The number of rotatable bonds is 3. The van der Waals surface area contributed by atoms with E-state index in [0.717, 1.165) is 6.42 Å². The molecule has 6 heteroatoms. The van der Waals surface area contributed by atoms with Crippen LogP contribution in [0.2, 0.25) is 15.2 Å². The number of hydrogen-bond acceptors (Lipinski definition) is 1. The second-order valence-electron chi connectivity index (χ2n) is 4.42. The van der Waals surface area contributed by atoms with E-state index in [1.165, 1.54) is 4.68 Å². The zero-order valence-corrected chi connectivity index (χ0v) is 12.8. The van der Waals surface area contributed by atoms with E-state index in [0.29, 0.717) is 26.4 Å². The summed E-state index contributed by atoms with van der Waals surface area (Å²) in [6, 6.07) is 4.92. The fourth-order valence-corrected chi connectivity index (χ4v) is 2.77. The number of nitrogens with one attached hydrogen (secondary N) is 1. The SMILES string of the molecule is CCC(C)c1c(Cl)[nH]n(-c2cc(Cl)cc(Cl)c2)c1=O. The van der Waals surface area contributed by atoms with Crippen LogP contribution in [0.3, 0.4) is 0 Å². The first-order valence-electron chi connectivity index (χ1n) is 5.91. The van der Waals surface area contributed by atoms with Gasteiger partial charge < -0.3 is 0 Å². The molecule has 1 N–H and O–H groups in total. The summed E-state index contributed by atoms with van der Waals surface area (Å²) in [5.41, 5.74) is 0.983. The van der Waals surface area contributed by atoms with Gasteiger partial charge in [-0.3, -0.25) is 9.89 Å². The molecule has 0 saturated carbocycles. The van der Waals surface area contributed by atoms with Crippen LogP contribution in [-0.4, -0.2) is 9.78 Å². The molecule has 3 nitrogen and oxygen atoms in total. The zero-order valence-electron chi connectivity index (χ0n) is 10.5. The van der Waals surface area contributed by atoms with Gasteiger partial charge in [-0.25, -0.2) is 4.68 Å². The minimum absolute atomic E-state index is 0.0900. The molecule has 1 unspecified atom stereocenters. The van der Waals surface area contributed by atoms with Gasteiger partial charge in [0.25, 0.3) is 5.56 Å². The Hall–Kier alpha value is -0.900. The lowest BCUT2D eigenvalue weighted by Crippen LogP contribution is -2.18. The molecule has 0 spiro atoms. The zero-order chi connectivity index (χ0) is 14.2. The largest absolute Gasteiger partial charge is 0.280 e. The summed E-state index contributed by atoms with van der Waals surface area (Å²) in [4.78, 5) is 12.4. The third-order valence-corrected chi connectivity index (χ3v) is 3.82. The van der Waals surface area contributed by atoms with Gasteiger partial charge in [0, 0.05) is 10.0 Å². The summed E-state index contributed by atoms with van der Waals surface area (Å²) < 4.78 is 1.36. The lowest BCUT2D eigenvalue weighted by atomic mass is 10.0. The van der Waals surface area contributed by atoms with Crippen LogP contribution in [0.15, 0.2) is 23.0 Å². The van der Waals surface area contributed by atoms with Crippen molar-refractivity contribution >= 4 is 34.8 Å². The van der Waals surface area contributed by atoms with Crippen LogP contribution in [0.5, 0.6) is 0 Å². The van der Waals surface area contributed by atoms with Crippen LogP contribution in [0.4, 0.5) is 0 Å². The van der Waals surface area contributed by atoms with Gasteiger partial charge in [-0.15, -0.1) is 0 Å². The van der Waals surface area contributed by atoms with Crippen LogP contribution in [0.1, 0.15) is 31.7 Å². The topological polar surface area (TPSA) is 37.8 Å². The molecule has 0 fully saturated rings. The van der Waals surface area contributed by atoms with Gasteiger partial charge in [0.15, 0.2) is 0 Å². The van der Waals surface area contributed by atoms with Gasteiger partial charge in [-0.2, -0.15) is 0 Å². The molecule has 0 aliphatic heterocycles. The molecule has 1 heterocycles. The van der Waals surface area contributed by atoms with Crippen LogP contribution in [-0.2, 0) is 0 Å². The average Bonchev–Trinajstić information content (AvgIpc) is 2.63. The third-order valence-electron chi connectivity index (χ3n) is 3.09. The molecule has 19 heavy (non-hydrogen) atoms. The fraction of sp³-hybridized carbons (Fsp3) is 0.308. The summed E-state index contributed by atoms with van der Waals surface area (Å²) in [6.45, 7) is 3.97. The molecular formula is C13H13Cl3N2O. The Labute approximate surface area is 126 Å². The van der Waals surface area contributed by atoms with E-state index in [1.54, 1.807) is 18.2 Å². The number of H-pyrrole nitrogens is 1. The number of aromatic amines is 1. The van der Waals surface area contributed by atoms with E-state index >= 15 is 0 Å². The summed E-state index contributed by atoms with van der Waals surface area (Å²) >= 11 is 18.0. The molecule has 0 bridgehead atoms. The van der Waals surface area contributed by atoms with Crippen molar-refractivity contribution in [1.29, 1.82) is 0 Å². The molecule has 2 rings (SSSR count). The van der Waals surface area contributed by atoms with Gasteiger partial charge in [-0.05, 0) is 30.5 Å². The molecule has 0 aliphatic rings. The molecular weight excluding hydrogens is 307 g/mol. The van der Waals surface area contributed by atoms with Crippen LogP contribution < -0.4 is 5.56 Å². The van der Waals surface area contributed by atoms with E-state index in [1.807, 2.05) is 13.8 Å². The first kappa shape index (κ1) is 14.5. The maximum Gasteiger partial charge on any atom is 0.276 e. The Morgan fingerprint density at radius 3 is 2.32 bits per heavy atom. The van der Waals surface area contributed by atoms with Crippen molar-refractivity contribution in [3.63, 3.8) is 0 Å². The van der Waals surface area contributed by atoms with E-state index in [-0.39, 0.29) is 11.5 Å². The molecule has 0 saturated heterocycles. The Morgan fingerprint density at radius 2 is 1.79 bits per heavy atom. The second-order valence-corrected chi connectivity index (χ2v) is 5.67. The van der Waals surface area contributed by atoms with E-state index in [9.17, 15) is 4.79 Å². The second kappa shape index (κ2) is 5.61. The number of halogens is 3. The summed E-state index contributed by atoms with van der Waals surface area (Å²) in [5.74, 6) is 0.0900. The Balaban J connectivity index is 2.61. The highest BCUT2D eigenvalue weighted by molar-refractivity contribution is 6.34. The number of aromatic nitrogens is 2. The first-order valence-corrected chi connectivity index (χ1v) is 7.04. The smallest absolute Gasteiger partial charge is 0.276 e. The number of benzene rings is 1.